The van der Waals surface area contributed by atoms with E-state index in [0.717, 1.165) is 18.6 Å². The Morgan fingerprint density at radius 2 is 2.18 bits per heavy atom. The molecule has 5 heteroatoms. The van der Waals surface area contributed by atoms with E-state index < -0.39 is 11.6 Å². The Kier molecular flexibility index (Phi) is 5.55. The van der Waals surface area contributed by atoms with Gasteiger partial charge in [0.15, 0.2) is 0 Å². The highest BCUT2D eigenvalue weighted by Crippen LogP contribution is 2.10. The smallest absolute Gasteiger partial charge is 0.224 e. The number of nitrogens with one attached hydrogen (secondary N) is 1. The number of hydrogen-bond acceptors (Lipinski definition) is 1. The first-order valence-corrected chi connectivity index (χ1v) is 6.48. The Labute approximate surface area is 108 Å². The van der Waals surface area contributed by atoms with Crippen LogP contribution in [0.2, 0.25) is 0 Å². The summed E-state index contributed by atoms with van der Waals surface area (Å²) in [5, 5.41) is 3.41. The number of benzene rings is 1. The van der Waals surface area contributed by atoms with Crippen molar-refractivity contribution in [2.45, 2.75) is 25.8 Å². The van der Waals surface area contributed by atoms with Gasteiger partial charge < -0.3 is 5.32 Å². The minimum absolute atomic E-state index is 0.0333. The molecule has 0 aliphatic carbocycles. The van der Waals surface area contributed by atoms with E-state index in [2.05, 4.69) is 21.2 Å². The van der Waals surface area contributed by atoms with Crippen LogP contribution >= 0.6 is 15.9 Å². The normalized spacial score (nSPS) is 12.2. The summed E-state index contributed by atoms with van der Waals surface area (Å²) in [6.45, 7) is 1.95. The molecule has 94 valence electrons. The lowest BCUT2D eigenvalue weighted by molar-refractivity contribution is -0.121. The van der Waals surface area contributed by atoms with Crippen molar-refractivity contribution in [1.82, 2.24) is 5.32 Å². The van der Waals surface area contributed by atoms with Gasteiger partial charge in [-0.15, -0.1) is 0 Å². The van der Waals surface area contributed by atoms with Gasteiger partial charge in [0, 0.05) is 17.4 Å². The molecule has 0 saturated heterocycles. The lowest BCUT2D eigenvalue weighted by atomic mass is 10.1. The van der Waals surface area contributed by atoms with Crippen molar-refractivity contribution in [3.8, 4) is 0 Å². The highest BCUT2D eigenvalue weighted by atomic mass is 79.9. The molecule has 1 unspecified atom stereocenters. The molecule has 0 aliphatic heterocycles. The molecule has 0 aliphatic rings. The van der Waals surface area contributed by atoms with Crippen LogP contribution in [0.25, 0.3) is 0 Å². The van der Waals surface area contributed by atoms with Crippen LogP contribution in [-0.2, 0) is 11.2 Å². The Bertz CT molecular complexity index is 394. The summed E-state index contributed by atoms with van der Waals surface area (Å²) in [5.41, 5.74) is 0.202. The Morgan fingerprint density at radius 3 is 2.71 bits per heavy atom. The highest BCUT2D eigenvalue weighted by molar-refractivity contribution is 9.09. The van der Waals surface area contributed by atoms with Crippen molar-refractivity contribution in [3.63, 3.8) is 0 Å². The van der Waals surface area contributed by atoms with E-state index in [1.807, 2.05) is 6.92 Å². The van der Waals surface area contributed by atoms with Crippen LogP contribution in [0.15, 0.2) is 18.2 Å². The van der Waals surface area contributed by atoms with E-state index in [4.69, 9.17) is 0 Å². The molecular weight excluding hydrogens is 292 g/mol. The average Bonchev–Trinajstić information content (AvgIpc) is 2.29. The Balaban J connectivity index is 2.62. The van der Waals surface area contributed by atoms with Gasteiger partial charge in [0.25, 0.3) is 0 Å². The van der Waals surface area contributed by atoms with E-state index in [-0.39, 0.29) is 23.9 Å². The molecule has 0 fully saturated rings. The maximum absolute atomic E-state index is 13.3. The molecule has 1 aromatic rings. The predicted octanol–water partition coefficient (Wildman–Crippen LogP) is 2.80. The van der Waals surface area contributed by atoms with Crippen molar-refractivity contribution < 1.29 is 13.6 Å². The molecule has 1 rings (SSSR count). The van der Waals surface area contributed by atoms with Crippen LogP contribution in [0.5, 0.6) is 0 Å². The van der Waals surface area contributed by atoms with Gasteiger partial charge in [0.05, 0.1) is 6.42 Å². The van der Waals surface area contributed by atoms with Crippen molar-refractivity contribution in [2.24, 2.45) is 0 Å². The molecule has 0 spiro atoms. The second-order valence-electron chi connectivity index (χ2n) is 3.74. The van der Waals surface area contributed by atoms with E-state index in [9.17, 15) is 13.6 Å². The summed E-state index contributed by atoms with van der Waals surface area (Å²) >= 11 is 3.28. The zero-order chi connectivity index (χ0) is 12.8. The highest BCUT2D eigenvalue weighted by Gasteiger charge is 2.12. The first-order valence-electron chi connectivity index (χ1n) is 5.36. The molecule has 0 saturated carbocycles. The zero-order valence-electron chi connectivity index (χ0n) is 9.47. The minimum atomic E-state index is -0.688. The number of halogens is 3. The fourth-order valence-corrected chi connectivity index (χ4v) is 1.99. The molecule has 1 N–H and O–H groups in total. The van der Waals surface area contributed by atoms with E-state index in [1.54, 1.807) is 0 Å². The largest absolute Gasteiger partial charge is 0.352 e. The third-order valence-corrected chi connectivity index (χ3v) is 3.19. The maximum atomic E-state index is 13.3. The van der Waals surface area contributed by atoms with Gasteiger partial charge in [-0.3, -0.25) is 4.79 Å². The van der Waals surface area contributed by atoms with Gasteiger partial charge >= 0.3 is 0 Å². The van der Waals surface area contributed by atoms with Crippen LogP contribution in [0, 0.1) is 11.6 Å². The van der Waals surface area contributed by atoms with Crippen LogP contribution in [-0.4, -0.2) is 17.3 Å². The zero-order valence-corrected chi connectivity index (χ0v) is 11.1. The first kappa shape index (κ1) is 14.1. The topological polar surface area (TPSA) is 29.1 Å². The van der Waals surface area contributed by atoms with Crippen LogP contribution < -0.4 is 5.32 Å². The summed E-state index contributed by atoms with van der Waals surface area (Å²) in [6, 6.07) is 3.25. The Hall–Kier alpha value is -0.970. The molecule has 0 aromatic heterocycles. The number of rotatable bonds is 5. The van der Waals surface area contributed by atoms with Gasteiger partial charge in [0.1, 0.15) is 11.6 Å². The summed E-state index contributed by atoms with van der Waals surface area (Å²) in [5.74, 6) is -1.59. The second kappa shape index (κ2) is 6.69. The summed E-state index contributed by atoms with van der Waals surface area (Å²) in [7, 11) is 0. The Morgan fingerprint density at radius 1 is 1.47 bits per heavy atom. The summed E-state index contributed by atoms with van der Waals surface area (Å²) in [4.78, 5) is 11.6. The lowest BCUT2D eigenvalue weighted by Crippen LogP contribution is -2.36. The third-order valence-electron chi connectivity index (χ3n) is 2.41. The molecule has 1 atom stereocenters. The summed E-state index contributed by atoms with van der Waals surface area (Å²) in [6.07, 6.45) is 0.721. The fourth-order valence-electron chi connectivity index (χ4n) is 1.37. The van der Waals surface area contributed by atoms with Gasteiger partial charge in [-0.1, -0.05) is 28.9 Å². The average molecular weight is 306 g/mol. The quantitative estimate of drug-likeness (QED) is 0.833. The summed E-state index contributed by atoms with van der Waals surface area (Å²) < 4.78 is 25.9. The standard InChI is InChI=1S/C12H14BrF2NO/c1-2-10(7-13)16-12(17)5-8-3-4-9(14)6-11(8)15/h3-4,6,10H,2,5,7H2,1H3,(H,16,17). The minimum Gasteiger partial charge on any atom is -0.352 e. The van der Waals surface area contributed by atoms with Crippen LogP contribution in [0.4, 0.5) is 8.78 Å². The number of hydrogen-bond donors (Lipinski definition) is 1. The second-order valence-corrected chi connectivity index (χ2v) is 4.39. The fraction of sp³-hybridized carbons (Fsp3) is 0.417. The molecule has 17 heavy (non-hydrogen) atoms. The number of carbonyl (C=O) groups excluding carboxylic acids is 1. The maximum Gasteiger partial charge on any atom is 0.224 e. The molecule has 0 heterocycles. The van der Waals surface area contributed by atoms with Crippen molar-refractivity contribution in [1.29, 1.82) is 0 Å². The van der Waals surface area contributed by atoms with E-state index >= 15 is 0 Å². The van der Waals surface area contributed by atoms with Crippen molar-refractivity contribution in [3.05, 3.63) is 35.4 Å². The number of amides is 1. The molecule has 0 radical (unpaired) electrons. The third kappa shape index (κ3) is 4.42. The molecule has 2 nitrogen and oxygen atoms in total. The molecule has 0 bridgehead atoms. The van der Waals surface area contributed by atoms with Crippen LogP contribution in [0.3, 0.4) is 0 Å². The van der Waals surface area contributed by atoms with Gasteiger partial charge in [-0.25, -0.2) is 8.78 Å². The number of alkyl halides is 1. The molecular formula is C12H14BrF2NO. The number of carbonyl (C=O) groups is 1. The van der Waals surface area contributed by atoms with E-state index in [1.165, 1.54) is 6.07 Å². The van der Waals surface area contributed by atoms with E-state index in [0.29, 0.717) is 5.33 Å². The first-order chi connectivity index (χ1) is 8.06. The van der Waals surface area contributed by atoms with Gasteiger partial charge in [-0.05, 0) is 18.1 Å². The van der Waals surface area contributed by atoms with Crippen molar-refractivity contribution in [2.75, 3.05) is 5.33 Å². The predicted molar refractivity (Wildman–Crippen MR) is 66.1 cm³/mol. The monoisotopic (exact) mass is 305 g/mol. The van der Waals surface area contributed by atoms with Crippen LogP contribution in [0.1, 0.15) is 18.9 Å². The molecule has 1 aromatic carbocycles. The lowest BCUT2D eigenvalue weighted by Gasteiger charge is -2.14. The van der Waals surface area contributed by atoms with Crippen molar-refractivity contribution >= 4 is 21.8 Å². The van der Waals surface area contributed by atoms with Gasteiger partial charge in [0.2, 0.25) is 5.91 Å². The van der Waals surface area contributed by atoms with Gasteiger partial charge in [-0.2, -0.15) is 0 Å². The molecule has 1 amide bonds. The SMILES string of the molecule is CCC(CBr)NC(=O)Cc1ccc(F)cc1F.